The molecule has 0 heterocycles. The van der Waals surface area contributed by atoms with Gasteiger partial charge in [0.15, 0.2) is 0 Å². The van der Waals surface area contributed by atoms with E-state index in [-0.39, 0.29) is 17.7 Å². The number of likely N-dealkylation sites (N-methyl/N-ethyl adjacent to an activating group) is 1. The second-order valence-electron chi connectivity index (χ2n) is 5.95. The molecule has 0 aromatic heterocycles. The first-order valence-electron chi connectivity index (χ1n) is 7.40. The van der Waals surface area contributed by atoms with Crippen LogP contribution in [0.2, 0.25) is 0 Å². The van der Waals surface area contributed by atoms with E-state index in [9.17, 15) is 9.59 Å². The van der Waals surface area contributed by atoms with E-state index in [0.29, 0.717) is 0 Å². The van der Waals surface area contributed by atoms with Crippen LogP contribution in [0, 0.1) is 5.92 Å². The molecular formula is C16H23N3O2. The van der Waals surface area contributed by atoms with Crippen molar-refractivity contribution in [3.05, 3.63) is 24.3 Å². The molecule has 3 N–H and O–H groups in total. The number of benzene rings is 1. The minimum absolute atomic E-state index is 0.0834. The maximum Gasteiger partial charge on any atom is 0.244 e. The molecule has 0 radical (unpaired) electrons. The fraction of sp³-hybridized carbons (Fsp3) is 0.500. The van der Waals surface area contributed by atoms with Crippen LogP contribution in [-0.4, -0.2) is 23.9 Å². The summed E-state index contributed by atoms with van der Waals surface area (Å²) in [6.45, 7) is 6.38. The van der Waals surface area contributed by atoms with Gasteiger partial charge in [-0.1, -0.05) is 6.92 Å². The maximum absolute atomic E-state index is 12.1. The summed E-state index contributed by atoms with van der Waals surface area (Å²) in [5.74, 6) is 0.185. The van der Waals surface area contributed by atoms with Gasteiger partial charge in [0.05, 0.1) is 5.54 Å². The molecule has 114 valence electrons. The van der Waals surface area contributed by atoms with Crippen molar-refractivity contribution in [3.63, 3.8) is 0 Å². The lowest BCUT2D eigenvalue weighted by atomic mass is 10.0. The van der Waals surface area contributed by atoms with Gasteiger partial charge in [0, 0.05) is 17.3 Å². The molecule has 5 heteroatoms. The number of anilines is 2. The Kier molecular flexibility index (Phi) is 4.63. The summed E-state index contributed by atoms with van der Waals surface area (Å²) in [5, 5.41) is 8.87. The third-order valence-corrected chi connectivity index (χ3v) is 3.54. The minimum Gasteiger partial charge on any atom is -0.326 e. The van der Waals surface area contributed by atoms with Crippen molar-refractivity contribution in [3.8, 4) is 0 Å². The number of amides is 2. The number of carbonyl (C=O) groups is 2. The van der Waals surface area contributed by atoms with Gasteiger partial charge in [-0.15, -0.1) is 0 Å². The Hall–Kier alpha value is -1.88. The van der Waals surface area contributed by atoms with Gasteiger partial charge in [-0.3, -0.25) is 9.59 Å². The zero-order valence-corrected chi connectivity index (χ0v) is 12.8. The van der Waals surface area contributed by atoms with Crippen molar-refractivity contribution >= 4 is 23.2 Å². The Bertz CT molecular complexity index is 519. The van der Waals surface area contributed by atoms with Crippen LogP contribution >= 0.6 is 0 Å². The number of carbonyl (C=O) groups excluding carboxylic acids is 2. The first-order chi connectivity index (χ1) is 9.92. The number of nitrogens with one attached hydrogen (secondary N) is 3. The second kappa shape index (κ2) is 6.26. The SMILES string of the molecule is CCNC(C)(C)C(=O)Nc1ccc(NC(=O)C2CC2)cc1. The summed E-state index contributed by atoms with van der Waals surface area (Å²) >= 11 is 0. The largest absolute Gasteiger partial charge is 0.326 e. The Morgan fingerprint density at radius 3 is 2.10 bits per heavy atom. The van der Waals surface area contributed by atoms with Gasteiger partial charge in [-0.2, -0.15) is 0 Å². The van der Waals surface area contributed by atoms with Crippen LogP contribution in [0.15, 0.2) is 24.3 Å². The van der Waals surface area contributed by atoms with Crippen LogP contribution in [0.5, 0.6) is 0 Å². The predicted octanol–water partition coefficient (Wildman–Crippen LogP) is 2.36. The number of rotatable bonds is 6. The van der Waals surface area contributed by atoms with Crippen molar-refractivity contribution in [2.75, 3.05) is 17.2 Å². The van der Waals surface area contributed by atoms with E-state index >= 15 is 0 Å². The van der Waals surface area contributed by atoms with Gasteiger partial charge in [0.25, 0.3) is 0 Å². The van der Waals surface area contributed by atoms with Crippen molar-refractivity contribution < 1.29 is 9.59 Å². The molecule has 1 fully saturated rings. The van der Waals surface area contributed by atoms with Gasteiger partial charge >= 0.3 is 0 Å². The molecule has 1 aromatic rings. The molecule has 0 bridgehead atoms. The number of hydrogen-bond donors (Lipinski definition) is 3. The second-order valence-corrected chi connectivity index (χ2v) is 5.95. The van der Waals surface area contributed by atoms with E-state index in [4.69, 9.17) is 0 Å². The van der Waals surface area contributed by atoms with Crippen LogP contribution in [0.25, 0.3) is 0 Å². The summed E-state index contributed by atoms with van der Waals surface area (Å²) < 4.78 is 0. The first-order valence-corrected chi connectivity index (χ1v) is 7.40. The van der Waals surface area contributed by atoms with Crippen molar-refractivity contribution in [1.82, 2.24) is 5.32 Å². The highest BCUT2D eigenvalue weighted by atomic mass is 16.2. The van der Waals surface area contributed by atoms with Crippen molar-refractivity contribution in [1.29, 1.82) is 0 Å². The van der Waals surface area contributed by atoms with E-state index in [0.717, 1.165) is 30.8 Å². The Labute approximate surface area is 125 Å². The topological polar surface area (TPSA) is 70.2 Å². The van der Waals surface area contributed by atoms with Crippen molar-refractivity contribution in [2.45, 2.75) is 39.2 Å². The third kappa shape index (κ3) is 4.29. The number of hydrogen-bond acceptors (Lipinski definition) is 3. The molecule has 1 saturated carbocycles. The summed E-state index contributed by atoms with van der Waals surface area (Å²) in [6, 6.07) is 7.19. The highest BCUT2D eigenvalue weighted by Gasteiger charge is 2.29. The van der Waals surface area contributed by atoms with E-state index in [1.807, 2.05) is 20.8 Å². The van der Waals surface area contributed by atoms with E-state index in [1.54, 1.807) is 24.3 Å². The Balaban J connectivity index is 1.92. The molecular weight excluding hydrogens is 266 g/mol. The molecule has 0 spiro atoms. The highest BCUT2D eigenvalue weighted by Crippen LogP contribution is 2.30. The molecule has 1 aliphatic carbocycles. The predicted molar refractivity (Wildman–Crippen MR) is 84.2 cm³/mol. The Morgan fingerprint density at radius 2 is 1.62 bits per heavy atom. The smallest absolute Gasteiger partial charge is 0.244 e. The van der Waals surface area contributed by atoms with E-state index in [2.05, 4.69) is 16.0 Å². The fourth-order valence-electron chi connectivity index (χ4n) is 2.04. The third-order valence-electron chi connectivity index (χ3n) is 3.54. The molecule has 21 heavy (non-hydrogen) atoms. The molecule has 2 amide bonds. The van der Waals surface area contributed by atoms with Gasteiger partial charge in [0.1, 0.15) is 0 Å². The molecule has 0 aliphatic heterocycles. The molecule has 1 aromatic carbocycles. The molecule has 5 nitrogen and oxygen atoms in total. The zero-order valence-electron chi connectivity index (χ0n) is 12.8. The molecule has 1 aliphatic rings. The lowest BCUT2D eigenvalue weighted by molar-refractivity contribution is -0.121. The lowest BCUT2D eigenvalue weighted by Gasteiger charge is -2.24. The van der Waals surface area contributed by atoms with Crippen LogP contribution in [-0.2, 0) is 9.59 Å². The fourth-order valence-corrected chi connectivity index (χ4v) is 2.04. The van der Waals surface area contributed by atoms with Gasteiger partial charge in [0.2, 0.25) is 11.8 Å². The minimum atomic E-state index is -0.617. The van der Waals surface area contributed by atoms with Crippen LogP contribution < -0.4 is 16.0 Å². The molecule has 0 atom stereocenters. The van der Waals surface area contributed by atoms with E-state index < -0.39 is 5.54 Å². The lowest BCUT2D eigenvalue weighted by Crippen LogP contribution is -2.49. The molecule has 0 unspecified atom stereocenters. The average molecular weight is 289 g/mol. The quantitative estimate of drug-likeness (QED) is 0.753. The summed E-state index contributed by atoms with van der Waals surface area (Å²) in [4.78, 5) is 23.8. The van der Waals surface area contributed by atoms with Gasteiger partial charge in [-0.25, -0.2) is 0 Å². The van der Waals surface area contributed by atoms with E-state index in [1.165, 1.54) is 0 Å². The monoisotopic (exact) mass is 289 g/mol. The first kappa shape index (κ1) is 15.5. The van der Waals surface area contributed by atoms with Gasteiger partial charge < -0.3 is 16.0 Å². The maximum atomic E-state index is 12.1. The summed E-state index contributed by atoms with van der Waals surface area (Å²) in [5.41, 5.74) is 0.861. The average Bonchev–Trinajstić information content (AvgIpc) is 3.25. The Morgan fingerprint density at radius 1 is 1.10 bits per heavy atom. The summed E-state index contributed by atoms with van der Waals surface area (Å²) in [7, 11) is 0. The standard InChI is InChI=1S/C16H23N3O2/c1-4-17-16(2,3)15(21)19-13-9-7-12(8-10-13)18-14(20)11-5-6-11/h7-11,17H,4-6H2,1-3H3,(H,18,20)(H,19,21). The highest BCUT2D eigenvalue weighted by molar-refractivity contribution is 5.98. The van der Waals surface area contributed by atoms with Gasteiger partial charge in [-0.05, 0) is 57.5 Å². The van der Waals surface area contributed by atoms with Crippen LogP contribution in [0.3, 0.4) is 0 Å². The molecule has 2 rings (SSSR count). The van der Waals surface area contributed by atoms with Crippen molar-refractivity contribution in [2.24, 2.45) is 5.92 Å². The summed E-state index contributed by atoms with van der Waals surface area (Å²) in [6.07, 6.45) is 1.97. The zero-order chi connectivity index (χ0) is 15.5. The van der Waals surface area contributed by atoms with Crippen LogP contribution in [0.4, 0.5) is 11.4 Å². The molecule has 0 saturated heterocycles. The van der Waals surface area contributed by atoms with Crippen LogP contribution in [0.1, 0.15) is 33.6 Å². The normalized spacial score (nSPS) is 14.6.